The molecule has 1 N–H and O–H groups in total. The minimum Gasteiger partial charge on any atom is -0.496 e. The first-order valence-electron chi connectivity index (χ1n) is 6.82. The number of aromatic carboxylic acids is 1. The van der Waals surface area contributed by atoms with Crippen LogP contribution in [0.25, 0.3) is 0 Å². The summed E-state index contributed by atoms with van der Waals surface area (Å²) in [5, 5.41) is 8.93. The summed E-state index contributed by atoms with van der Waals surface area (Å²) in [5.41, 5.74) is 2.43. The van der Waals surface area contributed by atoms with E-state index in [9.17, 15) is 4.79 Å². The molecule has 5 nitrogen and oxygen atoms in total. The normalized spacial score (nSPS) is 15.7. The fourth-order valence-electron chi connectivity index (χ4n) is 2.75. The lowest BCUT2D eigenvalue weighted by molar-refractivity contribution is 0.0655. The topological polar surface area (TPSA) is 62.9 Å². The number of hydrogen-bond acceptors (Lipinski definition) is 4. The average Bonchev–Trinajstić information content (AvgIpc) is 3.12. The number of carboxylic acid groups (broad SMARTS) is 1. The first kappa shape index (κ1) is 13.7. The fraction of sp³-hybridized carbons (Fsp3) is 0.312. The van der Waals surface area contributed by atoms with E-state index in [2.05, 4.69) is 11.0 Å². The number of carboxylic acids is 1. The Morgan fingerprint density at radius 3 is 2.81 bits per heavy atom. The molecule has 1 aliphatic rings. The molecule has 1 unspecified atom stereocenters. The van der Waals surface area contributed by atoms with Gasteiger partial charge in [-0.2, -0.15) is 0 Å². The molecule has 0 spiro atoms. The highest BCUT2D eigenvalue weighted by Crippen LogP contribution is 2.36. The van der Waals surface area contributed by atoms with E-state index in [-0.39, 0.29) is 11.8 Å². The van der Waals surface area contributed by atoms with Crippen LogP contribution in [-0.4, -0.2) is 23.1 Å². The summed E-state index contributed by atoms with van der Waals surface area (Å²) in [4.78, 5) is 13.1. The van der Waals surface area contributed by atoms with Gasteiger partial charge in [0.2, 0.25) is 5.76 Å². The summed E-state index contributed by atoms with van der Waals surface area (Å²) < 4.78 is 10.8. The number of nitrogens with zero attached hydrogens (tertiary/aromatic N) is 1. The Kier molecular flexibility index (Phi) is 3.43. The van der Waals surface area contributed by atoms with Crippen LogP contribution in [-0.2, 0) is 13.1 Å². The van der Waals surface area contributed by atoms with Gasteiger partial charge < -0.3 is 14.3 Å². The van der Waals surface area contributed by atoms with Gasteiger partial charge in [0.15, 0.2) is 0 Å². The van der Waals surface area contributed by atoms with Gasteiger partial charge in [-0.1, -0.05) is 12.1 Å². The van der Waals surface area contributed by atoms with Gasteiger partial charge >= 0.3 is 5.97 Å². The summed E-state index contributed by atoms with van der Waals surface area (Å²) in [6.45, 7) is 3.59. The zero-order valence-electron chi connectivity index (χ0n) is 12.0. The molecule has 0 radical (unpaired) electrons. The summed E-state index contributed by atoms with van der Waals surface area (Å²) in [6, 6.07) is 9.28. The van der Waals surface area contributed by atoms with Gasteiger partial charge in [0.05, 0.1) is 13.2 Å². The average molecular weight is 287 g/mol. The van der Waals surface area contributed by atoms with Crippen LogP contribution in [0.3, 0.4) is 0 Å². The zero-order chi connectivity index (χ0) is 15.0. The predicted octanol–water partition coefficient (Wildman–Crippen LogP) is 3.06. The lowest BCUT2D eigenvalue weighted by Crippen LogP contribution is -2.20. The van der Waals surface area contributed by atoms with E-state index in [1.807, 2.05) is 19.1 Å². The maximum atomic E-state index is 10.9. The summed E-state index contributed by atoms with van der Waals surface area (Å²) in [6.07, 6.45) is 0. The van der Waals surface area contributed by atoms with E-state index in [0.717, 1.165) is 18.8 Å². The minimum absolute atomic E-state index is 0.00945. The Hall–Kier alpha value is -2.27. The number of ether oxygens (including phenoxy) is 1. The van der Waals surface area contributed by atoms with Gasteiger partial charge in [-0.25, -0.2) is 4.79 Å². The number of methoxy groups -OCH3 is 1. The number of furan rings is 1. The summed E-state index contributed by atoms with van der Waals surface area (Å²) in [7, 11) is 1.67. The largest absolute Gasteiger partial charge is 0.496 e. The number of fused-ring (bicyclic) bond motifs is 1. The van der Waals surface area contributed by atoms with Gasteiger partial charge in [0.1, 0.15) is 11.5 Å². The highest BCUT2D eigenvalue weighted by molar-refractivity contribution is 5.84. The third-order valence-corrected chi connectivity index (χ3v) is 3.98. The van der Waals surface area contributed by atoms with Gasteiger partial charge in [0, 0.05) is 18.7 Å². The maximum Gasteiger partial charge on any atom is 0.371 e. The van der Waals surface area contributed by atoms with Crippen molar-refractivity contribution >= 4 is 5.97 Å². The molecule has 5 heteroatoms. The number of hydrogen-bond donors (Lipinski definition) is 1. The van der Waals surface area contributed by atoms with Crippen molar-refractivity contribution in [3.63, 3.8) is 0 Å². The molecule has 0 aliphatic carbocycles. The molecule has 3 rings (SSSR count). The Bertz CT molecular complexity index is 677. The van der Waals surface area contributed by atoms with Crippen molar-refractivity contribution in [1.29, 1.82) is 0 Å². The van der Waals surface area contributed by atoms with E-state index in [1.54, 1.807) is 13.2 Å². The lowest BCUT2D eigenvalue weighted by atomic mass is 10.1. The van der Waals surface area contributed by atoms with Crippen LogP contribution in [0.1, 0.15) is 40.4 Å². The van der Waals surface area contributed by atoms with E-state index in [0.29, 0.717) is 5.76 Å². The van der Waals surface area contributed by atoms with Crippen molar-refractivity contribution in [1.82, 2.24) is 4.90 Å². The highest BCUT2D eigenvalue weighted by Gasteiger charge is 2.28. The van der Waals surface area contributed by atoms with Crippen LogP contribution in [0, 0.1) is 0 Å². The standard InChI is InChI=1S/C16H17NO4/c1-10(13-6-7-15(21-13)16(18)19)17-8-11-4-3-5-14(20-2)12(11)9-17/h3-7,10H,8-9H2,1-2H3,(H,18,19). The van der Waals surface area contributed by atoms with Crippen LogP contribution in [0.4, 0.5) is 0 Å². The lowest BCUT2D eigenvalue weighted by Gasteiger charge is -2.21. The minimum atomic E-state index is -1.04. The molecule has 0 saturated heterocycles. The third-order valence-electron chi connectivity index (χ3n) is 3.98. The van der Waals surface area contributed by atoms with Gasteiger partial charge in [-0.15, -0.1) is 0 Å². The second-order valence-corrected chi connectivity index (χ2v) is 5.19. The summed E-state index contributed by atoms with van der Waals surface area (Å²) in [5.74, 6) is 0.498. The van der Waals surface area contributed by atoms with E-state index >= 15 is 0 Å². The maximum absolute atomic E-state index is 10.9. The van der Waals surface area contributed by atoms with Crippen molar-refractivity contribution in [2.24, 2.45) is 0 Å². The molecule has 21 heavy (non-hydrogen) atoms. The number of benzene rings is 1. The summed E-state index contributed by atoms with van der Waals surface area (Å²) >= 11 is 0. The Morgan fingerprint density at radius 1 is 1.33 bits per heavy atom. The van der Waals surface area contributed by atoms with E-state index in [1.165, 1.54) is 17.2 Å². The van der Waals surface area contributed by atoms with E-state index < -0.39 is 5.97 Å². The van der Waals surface area contributed by atoms with E-state index in [4.69, 9.17) is 14.3 Å². The molecule has 1 atom stereocenters. The van der Waals surface area contributed by atoms with Crippen molar-refractivity contribution in [3.05, 3.63) is 53.0 Å². The quantitative estimate of drug-likeness (QED) is 0.936. The molecular weight excluding hydrogens is 270 g/mol. The Labute approximate surface area is 122 Å². The molecule has 1 aliphatic heterocycles. The van der Waals surface area contributed by atoms with Crippen LogP contribution in [0.15, 0.2) is 34.7 Å². The number of rotatable bonds is 4. The van der Waals surface area contributed by atoms with Crippen molar-refractivity contribution in [2.75, 3.05) is 7.11 Å². The van der Waals surface area contributed by atoms with Gasteiger partial charge in [-0.05, 0) is 30.7 Å². The molecule has 0 amide bonds. The monoisotopic (exact) mass is 287 g/mol. The van der Waals surface area contributed by atoms with Crippen LogP contribution < -0.4 is 4.74 Å². The van der Waals surface area contributed by atoms with Crippen molar-refractivity contribution in [2.45, 2.75) is 26.1 Å². The molecule has 0 bridgehead atoms. The zero-order valence-corrected chi connectivity index (χ0v) is 12.0. The van der Waals surface area contributed by atoms with Crippen molar-refractivity contribution < 1.29 is 19.1 Å². The van der Waals surface area contributed by atoms with Gasteiger partial charge in [0.25, 0.3) is 0 Å². The smallest absolute Gasteiger partial charge is 0.371 e. The number of carbonyl (C=O) groups is 1. The first-order valence-corrected chi connectivity index (χ1v) is 6.82. The van der Waals surface area contributed by atoms with Crippen LogP contribution in [0.5, 0.6) is 5.75 Å². The fourth-order valence-corrected chi connectivity index (χ4v) is 2.75. The third kappa shape index (κ3) is 2.40. The second-order valence-electron chi connectivity index (χ2n) is 5.19. The highest BCUT2D eigenvalue weighted by atomic mass is 16.5. The molecule has 2 aromatic rings. The molecule has 2 heterocycles. The molecule has 1 aromatic heterocycles. The Balaban J connectivity index is 1.81. The van der Waals surface area contributed by atoms with Crippen LogP contribution >= 0.6 is 0 Å². The first-order chi connectivity index (χ1) is 10.1. The molecule has 0 fully saturated rings. The van der Waals surface area contributed by atoms with Crippen molar-refractivity contribution in [3.8, 4) is 5.75 Å². The SMILES string of the molecule is COc1cccc2c1CN(C(C)c1ccc(C(=O)O)o1)C2. The molecule has 1 aromatic carbocycles. The van der Waals surface area contributed by atoms with Crippen LogP contribution in [0.2, 0.25) is 0 Å². The molecule has 110 valence electrons. The molecular formula is C16H17NO4. The Morgan fingerprint density at radius 2 is 2.14 bits per heavy atom. The predicted molar refractivity (Wildman–Crippen MR) is 76.3 cm³/mol. The molecule has 0 saturated carbocycles. The second kappa shape index (κ2) is 5.26. The van der Waals surface area contributed by atoms with Gasteiger partial charge in [-0.3, -0.25) is 4.90 Å².